The Morgan fingerprint density at radius 3 is 1.75 bits per heavy atom. The van der Waals surface area contributed by atoms with Crippen LogP contribution in [0.25, 0.3) is 10.9 Å². The van der Waals surface area contributed by atoms with Crippen LogP contribution in [-0.2, 0) is 117 Å². The molecule has 760 valence electrons. The molecule has 6 rings (SSSR count). The van der Waals surface area contributed by atoms with Crippen LogP contribution in [-0.4, -0.2) is 284 Å². The second-order valence-electron chi connectivity index (χ2n) is 33.8. The van der Waals surface area contributed by atoms with Crippen molar-refractivity contribution in [1.82, 2.24) is 115 Å². The molecule has 138 heavy (non-hydrogen) atoms. The zero-order chi connectivity index (χ0) is 100. The number of nitrogens with two attached hydrogens (primary N) is 4. The number of nitrogens with one attached hydrogen (secondary N) is 19. The molecule has 48 nitrogen and oxygen atoms in total. The Morgan fingerprint density at radius 2 is 1.11 bits per heavy atom. The fourth-order valence-electron chi connectivity index (χ4n) is 14.9. The van der Waals surface area contributed by atoms with Crippen LogP contribution in [0.4, 0.5) is 0 Å². The summed E-state index contributed by atoms with van der Waals surface area (Å²) in [5, 5.41) is 81.5. The van der Waals surface area contributed by atoms with E-state index in [2.05, 4.69) is 115 Å². The fourth-order valence-corrected chi connectivity index (χ4v) is 14.9. The van der Waals surface area contributed by atoms with Crippen molar-refractivity contribution in [3.05, 3.63) is 96.0 Å². The van der Waals surface area contributed by atoms with E-state index in [1.807, 2.05) is 0 Å². The summed E-state index contributed by atoms with van der Waals surface area (Å²) in [6.45, 7) is -1.21. The monoisotopic (exact) mass is 1930 g/mol. The number of aromatic nitrogens is 7. The van der Waals surface area contributed by atoms with Crippen molar-refractivity contribution in [3.63, 3.8) is 0 Å². The highest BCUT2D eigenvalue weighted by molar-refractivity contribution is 6.01. The highest BCUT2D eigenvalue weighted by Crippen LogP contribution is 2.22. The first kappa shape index (κ1) is 113. The quantitative estimate of drug-likeness (QED) is 0.0101. The average Bonchev–Trinajstić information content (AvgIpc) is 1.67. The number of aliphatic hydroxyl groups is 2. The topological polar surface area (TPSA) is 756 Å². The fraction of sp³-hybridized carbons (Fsp3) is 0.600. The molecule has 5 aromatic rings. The lowest BCUT2D eigenvalue weighted by Crippen LogP contribution is -2.61. The summed E-state index contributed by atoms with van der Waals surface area (Å²) in [5.74, 6) is -15.6. The van der Waals surface area contributed by atoms with Gasteiger partial charge in [0.1, 0.15) is 78.9 Å². The van der Waals surface area contributed by atoms with Gasteiger partial charge >= 0.3 is 0 Å². The molecule has 3 aromatic heterocycles. The van der Waals surface area contributed by atoms with Crippen LogP contribution >= 0.6 is 0 Å². The van der Waals surface area contributed by atoms with Gasteiger partial charge in [-0.05, 0) is 98.2 Å². The number of carbonyl (C=O) groups excluding carboxylic acids is 17. The number of rotatable bonds is 59. The zero-order valence-corrected chi connectivity index (χ0v) is 78.2. The SMILES string of the molecule is CCCC[C@H](NC(=O)[C@H](CO)NC(=O)[C@H](Cc1c[nH]cn1)NC(=O)[C@@H](CCC(N)=O)NC(=O)[C@H](CO)NC(=O)CNC(=O)COCCOCCNC(=O)CCCCCCCCCCCCCCCc1nnn[nH]1)C(=O)N[C@H]1CCC(=O)NCCCC[C@@H](C(N)=O)NC(=O)[C@H](Cc2c[nH]c3ccccc23)NC(=O)[C@H](CCCNC(=N)N)NC(=O)[C@@H](Cc2ccccc2)NC(=O)[C@H](CCC(N)=O)NC1=O. The van der Waals surface area contributed by atoms with Crippen molar-refractivity contribution in [2.45, 2.75) is 279 Å². The van der Waals surface area contributed by atoms with Gasteiger partial charge in [-0.2, -0.15) is 0 Å². The van der Waals surface area contributed by atoms with Crippen molar-refractivity contribution in [3.8, 4) is 0 Å². The number of aliphatic hydroxyl groups excluding tert-OH is 2. The maximum Gasteiger partial charge on any atom is 0.246 e. The third-order valence-corrected chi connectivity index (χ3v) is 22.6. The summed E-state index contributed by atoms with van der Waals surface area (Å²) in [6, 6.07) is -2.86. The number of fused-ring (bicyclic) bond motifs is 1. The highest BCUT2D eigenvalue weighted by atomic mass is 16.5. The molecule has 0 radical (unpaired) electrons. The van der Waals surface area contributed by atoms with Crippen LogP contribution < -0.4 is 103 Å². The minimum Gasteiger partial charge on any atom is -0.394 e. The molecule has 11 atom stereocenters. The Labute approximate surface area is 799 Å². The summed E-state index contributed by atoms with van der Waals surface area (Å²) in [4.78, 5) is 246. The number of primary amides is 3. The van der Waals surface area contributed by atoms with E-state index in [4.69, 9.17) is 37.8 Å². The minimum absolute atomic E-state index is 0.0207. The average molecular weight is 1940 g/mol. The number of nitrogens with zero attached hydrogens (tertiary/aromatic N) is 4. The predicted molar refractivity (Wildman–Crippen MR) is 501 cm³/mol. The van der Waals surface area contributed by atoms with Crippen LogP contribution in [0, 0.1) is 5.41 Å². The molecule has 0 unspecified atom stereocenters. The van der Waals surface area contributed by atoms with Gasteiger partial charge in [-0.1, -0.05) is 139 Å². The standard InChI is InChI=1S/C90H139N27O21/c1-2-3-28-62(80(127)108-66-36-39-76(123)97-40-23-22-30-61(79(93)126)104-86(133)68(47-57-49-100-60-29-21-20-27-59(57)60)111-81(128)63(31-24-41-99-90(94)95)105-85(132)67(46-56-25-16-15-17-26-56)110-83(130)64(107-82(66)129)34-37-72(91)120)106-89(136)71(53-119)113-87(134)69(48-58-50-96-55-102-58)112-84(131)65(35-38-73(92)121)109-88(135)70(52-118)103-77(124)51-101-78(125)54-138-45-44-137-43-42-98-75(122)33-19-14-12-10-8-6-4-5-7-9-11-13-18-32-74-114-116-117-115-74/h15-17,20-21,25-27,29,49-50,55,61-71,100,118-119H,2-14,18-19,22-24,28,30-48,51-54H2,1H3,(H2,91,120)(H2,92,121)(H2,93,126)(H,96,102)(H,97,123)(H,98,122)(H,101,125)(H,103,124)(H,104,133)(H,105,132)(H,106,136)(H,107,129)(H,108,127)(H,109,135)(H,110,130)(H,111,128)(H,112,131)(H,113,134)(H4,94,95,99)(H,114,115,116,117)/t61-,62-,63-,64-,65+,66-,67+,68-,69-,70-,71-/m0/s1. The molecule has 2 aromatic carbocycles. The van der Waals surface area contributed by atoms with Crippen molar-refractivity contribution >= 4 is 117 Å². The van der Waals surface area contributed by atoms with E-state index in [1.165, 1.54) is 63.9 Å². The zero-order valence-electron chi connectivity index (χ0n) is 78.2. The van der Waals surface area contributed by atoms with Crippen molar-refractivity contribution in [2.75, 3.05) is 65.8 Å². The van der Waals surface area contributed by atoms with Gasteiger partial charge in [0.15, 0.2) is 5.96 Å². The Bertz CT molecular complexity index is 4680. The number of carbonyl (C=O) groups is 17. The molecule has 1 saturated heterocycles. The maximum absolute atomic E-state index is 15.0. The second-order valence-corrected chi connectivity index (χ2v) is 33.8. The Hall–Kier alpha value is -13.6. The molecule has 1 fully saturated rings. The number of tetrazole rings is 1. The lowest BCUT2D eigenvalue weighted by molar-refractivity contribution is -0.137. The molecule has 1 aliphatic rings. The van der Waals surface area contributed by atoms with Crippen molar-refractivity contribution in [2.24, 2.45) is 22.9 Å². The number of ether oxygens (including phenoxy) is 2. The molecule has 48 heteroatoms. The van der Waals surface area contributed by atoms with E-state index in [9.17, 15) is 91.7 Å². The molecule has 1 aliphatic heterocycles. The number of aryl methyl sites for hydroxylation is 1. The normalized spacial score (nSPS) is 17.6. The summed E-state index contributed by atoms with van der Waals surface area (Å²) in [6.07, 6.45) is 16.9. The summed E-state index contributed by atoms with van der Waals surface area (Å²) in [5.41, 5.74) is 24.4. The third kappa shape index (κ3) is 44.9. The van der Waals surface area contributed by atoms with E-state index in [0.29, 0.717) is 34.9 Å². The number of H-pyrrole nitrogens is 3. The van der Waals surface area contributed by atoms with E-state index >= 15 is 0 Å². The molecule has 29 N–H and O–H groups in total. The number of benzene rings is 2. The van der Waals surface area contributed by atoms with Gasteiger partial charge in [-0.25, -0.2) is 10.1 Å². The minimum atomic E-state index is -1.94. The van der Waals surface area contributed by atoms with Crippen molar-refractivity contribution < 1.29 is 101 Å². The summed E-state index contributed by atoms with van der Waals surface area (Å²) < 4.78 is 10.8. The second kappa shape index (κ2) is 64.4. The van der Waals surface area contributed by atoms with Crippen LogP contribution in [0.5, 0.6) is 0 Å². The van der Waals surface area contributed by atoms with Gasteiger partial charge in [0.25, 0.3) is 0 Å². The van der Waals surface area contributed by atoms with Crippen molar-refractivity contribution in [1.29, 1.82) is 5.41 Å². The Kier molecular flexibility index (Phi) is 52.8. The van der Waals surface area contributed by atoms with Gasteiger partial charge in [-0.15, -0.1) is 5.10 Å². The number of hydrogen-bond acceptors (Lipinski definition) is 26. The van der Waals surface area contributed by atoms with Gasteiger partial charge < -0.3 is 132 Å². The van der Waals surface area contributed by atoms with Gasteiger partial charge in [-0.3, -0.25) is 86.9 Å². The number of amides is 17. The number of guanidine groups is 1. The number of imidazole rings is 1. The van der Waals surface area contributed by atoms with Crippen LogP contribution in [0.3, 0.4) is 0 Å². The maximum atomic E-state index is 15.0. The van der Waals surface area contributed by atoms with Gasteiger partial charge in [0, 0.05) is 94.3 Å². The first-order valence-corrected chi connectivity index (χ1v) is 47.2. The smallest absolute Gasteiger partial charge is 0.246 e. The van der Waals surface area contributed by atoms with E-state index < -0.39 is 238 Å². The van der Waals surface area contributed by atoms with Crippen LogP contribution in [0.2, 0.25) is 0 Å². The van der Waals surface area contributed by atoms with Crippen LogP contribution in [0.15, 0.2) is 73.3 Å². The lowest BCUT2D eigenvalue weighted by atomic mass is 10.0. The molecular formula is C90H139N27O21. The molecule has 0 spiro atoms. The molecule has 17 amide bonds. The highest BCUT2D eigenvalue weighted by Gasteiger charge is 2.38. The number of unbranched alkanes of at least 4 members (excludes halogenated alkanes) is 13. The number of aromatic amines is 3. The first-order valence-electron chi connectivity index (χ1n) is 47.2. The third-order valence-electron chi connectivity index (χ3n) is 22.6. The Balaban J connectivity index is 1.07. The first-order chi connectivity index (χ1) is 66.4. The Morgan fingerprint density at radius 1 is 0.529 bits per heavy atom. The van der Waals surface area contributed by atoms with E-state index in [-0.39, 0.29) is 109 Å². The lowest BCUT2D eigenvalue weighted by Gasteiger charge is -2.28. The number of para-hydroxylation sites is 1. The van der Waals surface area contributed by atoms with E-state index in [1.54, 1.807) is 67.7 Å². The summed E-state index contributed by atoms with van der Waals surface area (Å²) >= 11 is 0. The predicted octanol–water partition coefficient (Wildman–Crippen LogP) is -3.73. The number of hydrogen-bond donors (Lipinski definition) is 25. The molecular weight excluding hydrogens is 1800 g/mol. The van der Waals surface area contributed by atoms with E-state index in [0.717, 1.165) is 44.3 Å². The molecule has 0 saturated carbocycles. The molecule has 4 heterocycles. The van der Waals surface area contributed by atoms with Gasteiger partial charge in [0.05, 0.1) is 51.6 Å². The van der Waals surface area contributed by atoms with Gasteiger partial charge in [0.2, 0.25) is 100 Å². The molecule has 0 aliphatic carbocycles. The largest absolute Gasteiger partial charge is 0.394 e. The molecule has 0 bridgehead atoms. The summed E-state index contributed by atoms with van der Waals surface area (Å²) in [7, 11) is 0. The van der Waals surface area contributed by atoms with Crippen LogP contribution in [0.1, 0.15) is 209 Å².